The number of allylic oxidation sites excluding steroid dienone is 7. The summed E-state index contributed by atoms with van der Waals surface area (Å²) in [7, 11) is 1.93. The number of rotatable bonds is 9. The molecule has 0 radical (unpaired) electrons. The summed E-state index contributed by atoms with van der Waals surface area (Å²) in [6.45, 7) is 12.3. The van der Waals surface area contributed by atoms with Crippen molar-refractivity contribution in [3.8, 4) is 5.75 Å². The lowest BCUT2D eigenvalue weighted by molar-refractivity contribution is -0.250. The fraction of sp³-hybridized carbons (Fsp3) is 0.688. The second kappa shape index (κ2) is 20.4. The van der Waals surface area contributed by atoms with Gasteiger partial charge in [0, 0.05) is 48.0 Å². The summed E-state index contributed by atoms with van der Waals surface area (Å²) in [5.41, 5.74) is 8.99. The third kappa shape index (κ3) is 7.97. The molecule has 472 valence electrons. The molecule has 3 spiro atoms. The highest BCUT2D eigenvalue weighted by molar-refractivity contribution is 6.01. The molecule has 11 nitrogen and oxygen atoms in total. The maximum Gasteiger partial charge on any atom is 0.160 e. The average Bonchev–Trinajstić information content (AvgIpc) is 1.22. The molecular formula is C77H101N3O8. The molecule has 0 aromatic heterocycles. The van der Waals surface area contributed by atoms with Crippen LogP contribution in [0.25, 0.3) is 0 Å². The Balaban J connectivity index is 0.906. The number of Topliss-reactive ketones (excluding diaryl/α,β-unsaturated/α-hetero) is 2. The smallest absolute Gasteiger partial charge is 0.160 e. The van der Waals surface area contributed by atoms with E-state index in [0.717, 1.165) is 93.0 Å². The minimum absolute atomic E-state index is 0.00148. The van der Waals surface area contributed by atoms with Gasteiger partial charge in [0.15, 0.2) is 11.6 Å². The van der Waals surface area contributed by atoms with Crippen LogP contribution in [-0.2, 0) is 32.7 Å². The van der Waals surface area contributed by atoms with Crippen molar-refractivity contribution in [1.82, 2.24) is 10.6 Å². The van der Waals surface area contributed by atoms with Crippen molar-refractivity contribution in [3.05, 3.63) is 118 Å². The fourth-order valence-corrected chi connectivity index (χ4v) is 26.4. The molecule has 2 aromatic rings. The average molecular weight is 1200 g/mol. The number of ketones is 2. The molecule has 9 N–H and O–H groups in total. The molecule has 11 heteroatoms. The maximum absolute atomic E-state index is 17.3. The Hall–Kier alpha value is -4.20. The number of aliphatic hydroxyl groups excluding tert-OH is 3. The van der Waals surface area contributed by atoms with Crippen molar-refractivity contribution in [3.63, 3.8) is 0 Å². The molecule has 8 fully saturated rings. The maximum atomic E-state index is 17.3. The first-order valence-corrected chi connectivity index (χ1v) is 35.2. The number of nitrogens with two attached hydrogens (primary N) is 1. The van der Waals surface area contributed by atoms with E-state index in [-0.39, 0.29) is 94.5 Å². The van der Waals surface area contributed by atoms with E-state index in [1.165, 1.54) is 16.7 Å². The third-order valence-corrected chi connectivity index (χ3v) is 28.8. The highest BCUT2D eigenvalue weighted by atomic mass is 16.6. The molecular weight excluding hydrogens is 1090 g/mol. The standard InChI is InChI=1S/C77H101N3O8/c1-41(2)28-42-29-46(33-48(78)31-42)50-12-9-13-54(50)73(5)69(88-73)67(85)52-18-17-51-53-34-44(15-20-58(53)82)63-45-16-21-59(83)56(35-45)77-37-57-68-72(4)61-14-10-25-74(68,24-8-7-23-71(3,87)40-80-57)70(86)76(61,47-30-43(39-79-6)32-49(81)36-47)27-11-26-75(77)38-60(84)66(65(52)64(51)63)55(75)19-22-62(72)77/h10,14-18,20-21,29-33,36,41,44-45,50-54,56-59,61-65,67-69,79-83,85,87H,7-9,11-13,19,22-28,34-35,37-40,78H2,1-6H3/t44-,45+,50-,51+,52-,53+,54+,56-,57-,58-,59+,61-,62-,63-,64+,65+,67-,68-,69-,71-,72+,73-,74+,75+,76-,77-/m1/s1. The molecule has 0 amide bonds. The van der Waals surface area contributed by atoms with Gasteiger partial charge in [0.25, 0.3) is 0 Å². The molecule has 26 atom stereocenters. The normalized spacial score (nSPS) is 49.4. The third-order valence-electron chi connectivity index (χ3n) is 28.8. The Bertz CT molecular complexity index is 3360. The summed E-state index contributed by atoms with van der Waals surface area (Å²) in [4.78, 5) is 34.3. The number of aliphatic hydroxyl groups is 4. The lowest BCUT2D eigenvalue weighted by Gasteiger charge is -2.76. The zero-order chi connectivity index (χ0) is 61.0. The largest absolute Gasteiger partial charge is 0.508 e. The number of anilines is 1. The molecule has 13 aliphatic carbocycles. The number of nitrogens with one attached hydrogen (secondary N) is 2. The van der Waals surface area contributed by atoms with Gasteiger partial charge in [-0.2, -0.15) is 0 Å². The molecule has 2 saturated heterocycles. The molecule has 15 aliphatic rings. The Morgan fingerprint density at radius 2 is 1.61 bits per heavy atom. The number of hydrogen-bond donors (Lipinski definition) is 8. The number of carbonyl (C=O) groups is 2. The van der Waals surface area contributed by atoms with Crippen LogP contribution in [0.1, 0.15) is 172 Å². The van der Waals surface area contributed by atoms with Gasteiger partial charge < -0.3 is 46.6 Å². The van der Waals surface area contributed by atoms with Crippen molar-refractivity contribution in [2.45, 2.75) is 210 Å². The van der Waals surface area contributed by atoms with E-state index in [1.807, 2.05) is 26.1 Å². The van der Waals surface area contributed by atoms with E-state index in [0.29, 0.717) is 69.7 Å². The first kappa shape index (κ1) is 58.9. The number of epoxide rings is 1. The van der Waals surface area contributed by atoms with Gasteiger partial charge in [-0.25, -0.2) is 0 Å². The van der Waals surface area contributed by atoms with Crippen LogP contribution in [0.4, 0.5) is 5.69 Å². The summed E-state index contributed by atoms with van der Waals surface area (Å²) >= 11 is 0. The van der Waals surface area contributed by atoms with Crippen molar-refractivity contribution in [1.29, 1.82) is 0 Å². The van der Waals surface area contributed by atoms with Crippen LogP contribution in [-0.4, -0.2) is 92.4 Å². The molecule has 2 heterocycles. The van der Waals surface area contributed by atoms with Gasteiger partial charge in [-0.05, 0) is 250 Å². The Labute approximate surface area is 523 Å². The number of fused-ring (bicyclic) bond motifs is 9. The summed E-state index contributed by atoms with van der Waals surface area (Å²) < 4.78 is 7.13. The van der Waals surface area contributed by atoms with E-state index in [9.17, 15) is 25.5 Å². The van der Waals surface area contributed by atoms with Gasteiger partial charge in [-0.3, -0.25) is 9.59 Å². The Morgan fingerprint density at radius 1 is 0.818 bits per heavy atom. The number of hydrogen-bond acceptors (Lipinski definition) is 11. The molecule has 88 heavy (non-hydrogen) atoms. The minimum Gasteiger partial charge on any atom is -0.508 e. The highest BCUT2D eigenvalue weighted by Crippen LogP contribution is 2.83. The first-order valence-electron chi connectivity index (χ1n) is 35.2. The number of β-amino-alcohol motifs (C(OH)–C–C–N with tert-alkyl or cyclic N) is 1. The van der Waals surface area contributed by atoms with Crippen molar-refractivity contribution < 1.29 is 39.9 Å². The number of benzene rings is 2. The second-order valence-corrected chi connectivity index (χ2v) is 33.3. The number of aromatic hydroxyl groups is 1. The van der Waals surface area contributed by atoms with Crippen LogP contribution >= 0.6 is 0 Å². The number of ether oxygens (including phenoxy) is 1. The predicted molar refractivity (Wildman–Crippen MR) is 341 cm³/mol. The number of carbonyl (C=O) groups excluding carboxylic acids is 2. The Kier molecular flexibility index (Phi) is 13.6. The van der Waals surface area contributed by atoms with Gasteiger partial charge >= 0.3 is 0 Å². The predicted octanol–water partition coefficient (Wildman–Crippen LogP) is 11.3. The van der Waals surface area contributed by atoms with Gasteiger partial charge in [-0.15, -0.1) is 0 Å². The van der Waals surface area contributed by atoms with Crippen LogP contribution in [0.2, 0.25) is 0 Å². The van der Waals surface area contributed by atoms with Gasteiger partial charge in [0.1, 0.15) is 11.9 Å². The quantitative estimate of drug-likeness (QED) is 0.0676. The number of phenols is 1. The zero-order valence-electron chi connectivity index (χ0n) is 53.3. The second-order valence-electron chi connectivity index (χ2n) is 33.3. The summed E-state index contributed by atoms with van der Waals surface area (Å²) in [5, 5.41) is 71.4. The van der Waals surface area contributed by atoms with Gasteiger partial charge in [-0.1, -0.05) is 113 Å². The van der Waals surface area contributed by atoms with E-state index in [2.05, 4.69) is 111 Å². The van der Waals surface area contributed by atoms with E-state index in [1.54, 1.807) is 0 Å². The van der Waals surface area contributed by atoms with Crippen LogP contribution in [0, 0.1) is 105 Å². The van der Waals surface area contributed by atoms with Crippen LogP contribution < -0.4 is 16.4 Å². The number of phenolic OH excluding ortho intramolecular Hbond substituents is 1. The molecule has 2 aliphatic heterocycles. The zero-order valence-corrected chi connectivity index (χ0v) is 53.3. The monoisotopic (exact) mass is 1200 g/mol. The molecule has 17 rings (SSSR count). The molecule has 13 bridgehead atoms. The van der Waals surface area contributed by atoms with Crippen molar-refractivity contribution in [2.24, 2.45) is 105 Å². The van der Waals surface area contributed by atoms with Crippen molar-refractivity contribution in [2.75, 3.05) is 19.3 Å². The first-order chi connectivity index (χ1) is 42.1. The number of nitrogen functional groups attached to an aromatic ring is 1. The van der Waals surface area contributed by atoms with Gasteiger partial charge in [0.2, 0.25) is 0 Å². The molecule has 2 aromatic carbocycles. The SMILES string of the molecule is CNCc1cc(O)cc([C@]23CCC[C@]45CC(=O)C6=C4CC[C@@H]4[C@]7(C)[C@H]2C=CC[C@]2(CCCC[C@@](C)(O)CN[C@H](C[C@@]45[C@@H]4C[C@H](C=C[C@@H]4O)[C@@H]4[C@@H]5[C@@H](C=C[C@@H]([C@@H](O)[C@H]8O[C@]8(C)[C@H]8CCC[C@@H]8c8cc(N)cc(CC(C)C)c8)[C@H]65)[C@@H]5C[C@H]4C=C[C@H]5O)[C@@H]27)C3=O)c1. The van der Waals surface area contributed by atoms with Crippen molar-refractivity contribution >= 4 is 17.3 Å². The van der Waals surface area contributed by atoms with E-state index < -0.39 is 68.6 Å². The van der Waals surface area contributed by atoms with Crippen LogP contribution in [0.5, 0.6) is 5.75 Å². The topological polar surface area (TPSA) is 198 Å². The molecule has 0 unspecified atom stereocenters. The fourth-order valence-electron chi connectivity index (χ4n) is 26.4. The van der Waals surface area contributed by atoms with Gasteiger partial charge in [0.05, 0.1) is 34.9 Å². The molecule has 6 saturated carbocycles. The highest BCUT2D eigenvalue weighted by Gasteiger charge is 2.82. The van der Waals surface area contributed by atoms with E-state index in [4.69, 9.17) is 10.5 Å². The minimum atomic E-state index is -0.983. The van der Waals surface area contributed by atoms with Crippen LogP contribution in [0.3, 0.4) is 0 Å². The lowest BCUT2D eigenvalue weighted by atomic mass is 9.28. The Morgan fingerprint density at radius 3 is 2.42 bits per heavy atom. The van der Waals surface area contributed by atoms with E-state index >= 15 is 9.59 Å². The summed E-state index contributed by atoms with van der Waals surface area (Å²) in [5.74, 6) is 0.458. The lowest BCUT2D eigenvalue weighted by Crippen LogP contribution is -2.77. The van der Waals surface area contributed by atoms with Crippen LogP contribution in [0.15, 0.2) is 96.2 Å². The summed E-state index contributed by atoms with van der Waals surface area (Å²) in [6, 6.07) is 12.5. The summed E-state index contributed by atoms with van der Waals surface area (Å²) in [6.07, 6.45) is 29.6.